The third-order valence-electron chi connectivity index (χ3n) is 27.9. The number of nitrogens with one attached hydrogen (secondary N) is 8. The number of likely N-dealkylation sites (tertiary alicyclic amines) is 4. The molecule has 5 aromatic carbocycles. The largest absolute Gasteiger partial charge is 0.388 e. The number of hydrogen-bond acceptors (Lipinski definition) is 13. The third kappa shape index (κ3) is 21.2. The maximum atomic E-state index is 12.6. The number of hydrogen-bond donors (Lipinski definition) is 12. The van der Waals surface area contributed by atoms with Gasteiger partial charge in [0.25, 0.3) is 0 Å². The number of pyridine rings is 1. The van der Waals surface area contributed by atoms with Gasteiger partial charge in [0.05, 0.1) is 83.5 Å². The predicted molar refractivity (Wildman–Crippen MR) is 483 cm³/mol. The Kier molecular flexibility index (Phi) is 28.6. The van der Waals surface area contributed by atoms with Gasteiger partial charge in [0.15, 0.2) is 0 Å². The van der Waals surface area contributed by atoms with Crippen molar-refractivity contribution in [2.45, 2.75) is 204 Å². The number of nitrogens with zero attached hydrogens (tertiary/aromatic N) is 9. The number of carbonyl (C=O) groups excluding carboxylic acids is 4. The zero-order chi connectivity index (χ0) is 87.3. The molecule has 122 heavy (non-hydrogen) atoms. The highest BCUT2D eigenvalue weighted by molar-refractivity contribution is 6.32. The number of halogens is 4. The topological polar surface area (TPSA) is 338 Å². The molecule has 4 aliphatic heterocycles. The number of aromatic nitrogens is 9. The van der Waals surface area contributed by atoms with E-state index in [9.17, 15) is 39.6 Å². The van der Waals surface area contributed by atoms with Crippen LogP contribution in [0.5, 0.6) is 0 Å². The number of urea groups is 4. The molecular formula is C93H123Cl4N17O8. The Labute approximate surface area is 735 Å². The van der Waals surface area contributed by atoms with E-state index in [0.29, 0.717) is 82.7 Å². The average Bonchev–Trinajstić information content (AvgIpc) is 1.28. The Hall–Kier alpha value is -8.79. The summed E-state index contributed by atoms with van der Waals surface area (Å²) >= 11 is 25.1. The second-order valence-corrected chi connectivity index (χ2v) is 39.8. The summed E-state index contributed by atoms with van der Waals surface area (Å²) in [5.74, 6) is 1.87. The highest BCUT2D eigenvalue weighted by Gasteiger charge is 2.46. The second-order valence-electron chi connectivity index (χ2n) is 38.1. The molecule has 6 aliphatic rings. The molecule has 12 N–H and O–H groups in total. The molecular weight excluding hydrogens is 1620 g/mol. The number of fused-ring (bicyclic) bond motifs is 4. The molecule has 25 nitrogen and oxygen atoms in total. The highest BCUT2D eigenvalue weighted by Crippen LogP contribution is 2.52. The molecule has 0 spiro atoms. The summed E-state index contributed by atoms with van der Waals surface area (Å²) in [6.45, 7) is 32.5. The smallest absolute Gasteiger partial charge is 0.317 e. The van der Waals surface area contributed by atoms with Crippen LogP contribution in [0.3, 0.4) is 0 Å². The van der Waals surface area contributed by atoms with Gasteiger partial charge in [-0.2, -0.15) is 20.4 Å². The van der Waals surface area contributed by atoms with Crippen LogP contribution >= 0.6 is 46.4 Å². The first-order valence-electron chi connectivity index (χ1n) is 43.3. The molecule has 29 heteroatoms. The van der Waals surface area contributed by atoms with Crippen molar-refractivity contribution in [1.82, 2.24) is 86.6 Å². The van der Waals surface area contributed by atoms with Gasteiger partial charge in [-0.15, -0.1) is 0 Å². The molecule has 5 aromatic heterocycles. The Bertz CT molecular complexity index is 5060. The summed E-state index contributed by atoms with van der Waals surface area (Å²) in [6.07, 6.45) is 17.4. The summed E-state index contributed by atoms with van der Waals surface area (Å²) in [5.41, 5.74) is 9.48. The molecule has 4 saturated heterocycles. The summed E-state index contributed by atoms with van der Waals surface area (Å²) in [5, 5.41) is 91.9. The van der Waals surface area contributed by atoms with Gasteiger partial charge in [-0.3, -0.25) is 25.4 Å². The van der Waals surface area contributed by atoms with E-state index in [1.807, 2.05) is 99.3 Å². The number of carbonyl (C=O) groups is 4. The average molecular weight is 1750 g/mol. The molecule has 2 saturated carbocycles. The number of amides is 8. The van der Waals surface area contributed by atoms with Crippen molar-refractivity contribution in [2.75, 3.05) is 58.9 Å². The van der Waals surface area contributed by atoms with E-state index < -0.39 is 29.8 Å². The molecule has 10 aromatic rings. The fourth-order valence-corrected chi connectivity index (χ4v) is 19.7. The number of aromatic amines is 4. The van der Waals surface area contributed by atoms with E-state index in [4.69, 9.17) is 46.4 Å². The van der Waals surface area contributed by atoms with Gasteiger partial charge in [-0.25, -0.2) is 19.2 Å². The molecule has 0 unspecified atom stereocenters. The number of benzene rings is 5. The molecule has 16 rings (SSSR count). The van der Waals surface area contributed by atoms with Crippen molar-refractivity contribution in [3.8, 4) is 0 Å². The molecule has 4 atom stereocenters. The lowest BCUT2D eigenvalue weighted by Gasteiger charge is -2.44. The first-order chi connectivity index (χ1) is 58.0. The van der Waals surface area contributed by atoms with Crippen LogP contribution in [-0.4, -0.2) is 175 Å². The second kappa shape index (κ2) is 38.4. The van der Waals surface area contributed by atoms with Gasteiger partial charge in [-0.1, -0.05) is 152 Å². The zero-order valence-corrected chi connectivity index (χ0v) is 75.5. The van der Waals surface area contributed by atoms with Crippen molar-refractivity contribution in [1.29, 1.82) is 0 Å². The SMILES string of the molecule is CC1(CNC(=O)N2CCC(C(C)(C)[C@H](O)c3cc(Cl)cc4cn[nH]c34)CC2)CC1.CC1CC(NC(=O)N2CCC(C(C)(C)[C@H](O)c3cc(Cl)cc4cn[nH]c34)CC2)C1.Cc1ccc(CNC(=O)N2CCC(C(C)(C)[C@H](O)c3cc(Cl)cc4cn[nH]c34)CC2)cc1.Cc1ccc(CNC(=O)N2CCC(C(C)(C)[C@H](O)c3cc(Cl)cc4cn[nH]c34)CC2)nc1. The minimum absolute atomic E-state index is 0.0311. The third-order valence-corrected chi connectivity index (χ3v) is 28.8. The Morgan fingerprint density at radius 1 is 0.434 bits per heavy atom. The summed E-state index contributed by atoms with van der Waals surface area (Å²) in [7, 11) is 0. The fraction of sp³-hybridized carbons (Fsp3) is 0.538. The van der Waals surface area contributed by atoms with Crippen LogP contribution in [-0.2, 0) is 13.1 Å². The van der Waals surface area contributed by atoms with Crippen LogP contribution in [0.25, 0.3) is 43.6 Å². The fourth-order valence-electron chi connectivity index (χ4n) is 18.8. The lowest BCUT2D eigenvalue weighted by molar-refractivity contribution is -0.0146. The van der Waals surface area contributed by atoms with Crippen LogP contribution in [0.15, 0.2) is 116 Å². The van der Waals surface area contributed by atoms with Gasteiger partial charge >= 0.3 is 24.1 Å². The minimum atomic E-state index is -0.706. The summed E-state index contributed by atoms with van der Waals surface area (Å²) < 4.78 is 0. The highest BCUT2D eigenvalue weighted by atomic mass is 35.5. The lowest BCUT2D eigenvalue weighted by atomic mass is 9.68. The van der Waals surface area contributed by atoms with Gasteiger partial charge in [0.2, 0.25) is 0 Å². The van der Waals surface area contributed by atoms with Gasteiger partial charge in [0, 0.05) is 142 Å². The van der Waals surface area contributed by atoms with Crippen molar-refractivity contribution in [3.63, 3.8) is 0 Å². The maximum absolute atomic E-state index is 12.6. The number of aliphatic hydroxyl groups is 4. The van der Waals surface area contributed by atoms with E-state index in [1.54, 1.807) is 31.0 Å². The van der Waals surface area contributed by atoms with Crippen molar-refractivity contribution >= 4 is 114 Å². The number of aliphatic hydroxyl groups excluding tert-OH is 4. The Balaban J connectivity index is 0.000000140. The normalized spacial score (nSPS) is 19.3. The van der Waals surface area contributed by atoms with Crippen LogP contribution in [0.4, 0.5) is 19.2 Å². The van der Waals surface area contributed by atoms with E-state index in [-0.39, 0.29) is 52.2 Å². The van der Waals surface area contributed by atoms with E-state index in [0.717, 1.165) is 186 Å². The lowest BCUT2D eigenvalue weighted by Crippen LogP contribution is -2.52. The van der Waals surface area contributed by atoms with Crippen molar-refractivity contribution < 1.29 is 39.6 Å². The number of piperidine rings is 4. The first-order valence-corrected chi connectivity index (χ1v) is 44.8. The maximum Gasteiger partial charge on any atom is 0.317 e. The molecule has 0 bridgehead atoms. The van der Waals surface area contributed by atoms with Gasteiger partial charge in [-0.05, 0) is 213 Å². The van der Waals surface area contributed by atoms with Crippen LogP contribution < -0.4 is 21.3 Å². The Morgan fingerprint density at radius 3 is 1.04 bits per heavy atom. The van der Waals surface area contributed by atoms with Crippen LogP contribution in [0, 0.1) is 70.5 Å². The van der Waals surface area contributed by atoms with E-state index in [2.05, 4.69) is 155 Å². The molecule has 656 valence electrons. The molecule has 6 fully saturated rings. The number of aryl methyl sites for hydroxylation is 2. The van der Waals surface area contributed by atoms with Crippen LogP contribution in [0.2, 0.25) is 20.1 Å². The summed E-state index contributed by atoms with van der Waals surface area (Å²) in [6, 6.07) is 27.1. The monoisotopic (exact) mass is 1750 g/mol. The zero-order valence-electron chi connectivity index (χ0n) is 72.5. The van der Waals surface area contributed by atoms with Crippen molar-refractivity contribution in [3.05, 3.63) is 181 Å². The van der Waals surface area contributed by atoms with Crippen molar-refractivity contribution in [2.24, 2.45) is 56.7 Å². The number of rotatable bonds is 19. The minimum Gasteiger partial charge on any atom is -0.388 e. The number of H-pyrrole nitrogens is 4. The quantitative estimate of drug-likeness (QED) is 0.0359. The first kappa shape index (κ1) is 90.9. The molecule has 2 aliphatic carbocycles. The standard InChI is InChI=1S/C25H31ClN4O2.C24H30ClN5O2.2C22H31ClN4O2/c1-16-4-6-17(7-5-16)14-27-24(32)30-10-8-19(9-11-30)25(2,3)23(31)21-13-20(26)12-18-15-28-29-22(18)21;1-15-4-5-19(26-12-15)14-27-23(32)30-8-6-17(7-9-30)24(2,3)22(31)20-11-18(25)10-16-13-28-29-21(16)20;1-21(2,19(28)17-11-16(23)10-14-12-25-26-18(14)17)15-4-8-27(9-5-15)20(29)24-13-22(3)6-7-22;1-13-8-17(9-13)25-21(29)27-6-4-15(5-7-27)22(2,3)20(28)18-11-16(23)10-14-12-24-26-19(14)18/h4-7,12-13,15,19,23,31H,8-11,14H2,1-3H3,(H,27,32)(H,28,29);4-5,10-13,17,22,31H,6-9,14H2,1-3H3,(H,27,32)(H,28,29);10-12,15,19,28H,4-9,13H2,1-3H3,(H,24,29)(H,25,26);10-13,15,17,20,28H,4-9H2,1-3H3,(H,24,26)(H,25,29)/t23-;22-;19-;13?,17?,20-/m1111/s1. The summed E-state index contributed by atoms with van der Waals surface area (Å²) in [4.78, 5) is 62.1. The molecule has 0 radical (unpaired) electrons. The predicted octanol–water partition coefficient (Wildman–Crippen LogP) is 18.8. The van der Waals surface area contributed by atoms with E-state index >= 15 is 0 Å². The van der Waals surface area contributed by atoms with Gasteiger partial charge in [0.1, 0.15) is 0 Å². The Morgan fingerprint density at radius 2 is 0.738 bits per heavy atom. The van der Waals surface area contributed by atoms with Crippen LogP contribution in [0.1, 0.15) is 215 Å². The van der Waals surface area contributed by atoms with E-state index in [1.165, 1.54) is 18.4 Å². The molecule has 9 heterocycles. The van der Waals surface area contributed by atoms with Gasteiger partial charge < -0.3 is 61.3 Å². The molecule has 8 amide bonds.